The Kier molecular flexibility index (Phi) is 2.72. The standard InChI is InChI=1S/C10H14BrN3/c1-2-10(3-4-10)6-12-9-5-8(11)13-7-14-9/h5,7H,2-4,6H2,1H3,(H,12,13,14). The first kappa shape index (κ1) is 9.90. The van der Waals surface area contributed by atoms with E-state index in [1.807, 2.05) is 6.07 Å². The predicted octanol–water partition coefficient (Wildman–Crippen LogP) is 2.84. The summed E-state index contributed by atoms with van der Waals surface area (Å²) in [4.78, 5) is 8.14. The van der Waals surface area contributed by atoms with Crippen LogP contribution in [0, 0.1) is 5.41 Å². The van der Waals surface area contributed by atoms with Crippen molar-refractivity contribution in [1.29, 1.82) is 0 Å². The van der Waals surface area contributed by atoms with E-state index in [0.29, 0.717) is 5.41 Å². The highest BCUT2D eigenvalue weighted by molar-refractivity contribution is 9.10. The van der Waals surface area contributed by atoms with Crippen LogP contribution in [0.5, 0.6) is 0 Å². The molecule has 0 aromatic carbocycles. The van der Waals surface area contributed by atoms with Gasteiger partial charge in [0.25, 0.3) is 0 Å². The van der Waals surface area contributed by atoms with Crippen LogP contribution in [0.4, 0.5) is 5.82 Å². The third kappa shape index (κ3) is 2.23. The summed E-state index contributed by atoms with van der Waals surface area (Å²) in [5.74, 6) is 0.909. The van der Waals surface area contributed by atoms with Crippen molar-refractivity contribution in [2.75, 3.05) is 11.9 Å². The molecular formula is C10H14BrN3. The van der Waals surface area contributed by atoms with Gasteiger partial charge in [0.1, 0.15) is 16.7 Å². The van der Waals surface area contributed by atoms with E-state index < -0.39 is 0 Å². The van der Waals surface area contributed by atoms with Gasteiger partial charge in [0, 0.05) is 12.6 Å². The summed E-state index contributed by atoms with van der Waals surface area (Å²) in [7, 11) is 0. The predicted molar refractivity (Wildman–Crippen MR) is 60.2 cm³/mol. The van der Waals surface area contributed by atoms with Crippen LogP contribution >= 0.6 is 15.9 Å². The second kappa shape index (κ2) is 3.85. The van der Waals surface area contributed by atoms with Crippen molar-refractivity contribution in [1.82, 2.24) is 9.97 Å². The first-order valence-corrected chi connectivity index (χ1v) is 5.75. The highest BCUT2D eigenvalue weighted by atomic mass is 79.9. The summed E-state index contributed by atoms with van der Waals surface area (Å²) < 4.78 is 0.830. The molecule has 1 aliphatic carbocycles. The average Bonchev–Trinajstić information content (AvgIpc) is 2.96. The van der Waals surface area contributed by atoms with Gasteiger partial charge >= 0.3 is 0 Å². The number of rotatable bonds is 4. The van der Waals surface area contributed by atoms with Crippen molar-refractivity contribution in [3.05, 3.63) is 17.0 Å². The van der Waals surface area contributed by atoms with Gasteiger partial charge in [-0.15, -0.1) is 0 Å². The van der Waals surface area contributed by atoms with Gasteiger partial charge in [0.2, 0.25) is 0 Å². The number of aromatic nitrogens is 2. The topological polar surface area (TPSA) is 37.8 Å². The van der Waals surface area contributed by atoms with E-state index in [-0.39, 0.29) is 0 Å². The van der Waals surface area contributed by atoms with Crippen molar-refractivity contribution in [3.8, 4) is 0 Å². The smallest absolute Gasteiger partial charge is 0.130 e. The molecule has 3 nitrogen and oxygen atoms in total. The van der Waals surface area contributed by atoms with Gasteiger partial charge < -0.3 is 5.32 Å². The quantitative estimate of drug-likeness (QED) is 0.842. The van der Waals surface area contributed by atoms with E-state index in [1.54, 1.807) is 6.33 Å². The van der Waals surface area contributed by atoms with E-state index in [4.69, 9.17) is 0 Å². The lowest BCUT2D eigenvalue weighted by atomic mass is 10.0. The number of nitrogens with zero attached hydrogens (tertiary/aromatic N) is 2. The highest BCUT2D eigenvalue weighted by Crippen LogP contribution is 2.48. The molecule has 0 bridgehead atoms. The molecule has 1 aromatic heterocycles. The number of halogens is 1. The van der Waals surface area contributed by atoms with Crippen molar-refractivity contribution in [3.63, 3.8) is 0 Å². The monoisotopic (exact) mass is 255 g/mol. The van der Waals surface area contributed by atoms with Gasteiger partial charge in [-0.05, 0) is 40.6 Å². The largest absolute Gasteiger partial charge is 0.369 e. The Hall–Kier alpha value is -0.640. The fourth-order valence-corrected chi connectivity index (χ4v) is 1.85. The van der Waals surface area contributed by atoms with Crippen LogP contribution in [-0.2, 0) is 0 Å². The Morgan fingerprint density at radius 3 is 2.86 bits per heavy atom. The summed E-state index contributed by atoms with van der Waals surface area (Å²) in [6.07, 6.45) is 5.52. The number of hydrogen-bond acceptors (Lipinski definition) is 3. The molecule has 0 saturated heterocycles. The van der Waals surface area contributed by atoms with Crippen molar-refractivity contribution < 1.29 is 0 Å². The summed E-state index contributed by atoms with van der Waals surface area (Å²) in [5, 5.41) is 3.36. The van der Waals surface area contributed by atoms with Gasteiger partial charge in [-0.2, -0.15) is 0 Å². The minimum Gasteiger partial charge on any atom is -0.369 e. The van der Waals surface area contributed by atoms with E-state index in [0.717, 1.165) is 17.0 Å². The number of anilines is 1. The van der Waals surface area contributed by atoms with Crippen molar-refractivity contribution in [2.24, 2.45) is 5.41 Å². The molecule has 76 valence electrons. The van der Waals surface area contributed by atoms with Crippen LogP contribution in [-0.4, -0.2) is 16.5 Å². The first-order valence-electron chi connectivity index (χ1n) is 4.95. The molecule has 0 atom stereocenters. The molecule has 1 aromatic rings. The summed E-state index contributed by atoms with van der Waals surface area (Å²) in [5.41, 5.74) is 0.553. The highest BCUT2D eigenvalue weighted by Gasteiger charge is 2.40. The minimum atomic E-state index is 0.553. The fraction of sp³-hybridized carbons (Fsp3) is 0.600. The maximum atomic E-state index is 4.15. The molecule has 0 aliphatic heterocycles. The van der Waals surface area contributed by atoms with Gasteiger partial charge in [0.05, 0.1) is 0 Å². The van der Waals surface area contributed by atoms with Gasteiger partial charge in [-0.25, -0.2) is 9.97 Å². The Morgan fingerprint density at radius 1 is 1.50 bits per heavy atom. The lowest BCUT2D eigenvalue weighted by molar-refractivity contribution is 0.520. The first-order chi connectivity index (χ1) is 6.74. The van der Waals surface area contributed by atoms with E-state index in [2.05, 4.69) is 38.1 Å². The average molecular weight is 256 g/mol. The Balaban J connectivity index is 1.92. The van der Waals surface area contributed by atoms with Crippen molar-refractivity contribution >= 4 is 21.7 Å². The molecular weight excluding hydrogens is 242 g/mol. The minimum absolute atomic E-state index is 0.553. The zero-order valence-electron chi connectivity index (χ0n) is 8.26. The number of nitrogens with one attached hydrogen (secondary N) is 1. The molecule has 1 heterocycles. The Morgan fingerprint density at radius 2 is 2.29 bits per heavy atom. The summed E-state index contributed by atoms with van der Waals surface area (Å²) in [6, 6.07) is 1.91. The third-order valence-electron chi connectivity index (χ3n) is 2.99. The number of hydrogen-bond donors (Lipinski definition) is 1. The second-order valence-corrected chi connectivity index (χ2v) is 4.75. The van der Waals surface area contributed by atoms with Crippen LogP contribution in [0.2, 0.25) is 0 Å². The SMILES string of the molecule is CCC1(CNc2cc(Br)ncn2)CC1. The Bertz CT molecular complexity index is 323. The zero-order valence-corrected chi connectivity index (χ0v) is 9.84. The molecule has 1 fully saturated rings. The van der Waals surface area contributed by atoms with Crippen LogP contribution in [0.1, 0.15) is 26.2 Å². The van der Waals surface area contributed by atoms with Crippen LogP contribution < -0.4 is 5.32 Å². The molecule has 1 aliphatic rings. The van der Waals surface area contributed by atoms with Crippen molar-refractivity contribution in [2.45, 2.75) is 26.2 Å². The molecule has 1 saturated carbocycles. The van der Waals surface area contributed by atoms with E-state index in [9.17, 15) is 0 Å². The lowest BCUT2D eigenvalue weighted by Crippen LogP contribution is -2.15. The zero-order chi connectivity index (χ0) is 10.0. The molecule has 1 N–H and O–H groups in total. The lowest BCUT2D eigenvalue weighted by Gasteiger charge is -2.13. The molecule has 0 unspecified atom stereocenters. The van der Waals surface area contributed by atoms with Gasteiger partial charge in [-0.3, -0.25) is 0 Å². The van der Waals surface area contributed by atoms with Gasteiger partial charge in [0.15, 0.2) is 0 Å². The van der Waals surface area contributed by atoms with Gasteiger partial charge in [-0.1, -0.05) is 6.92 Å². The molecule has 2 rings (SSSR count). The van der Waals surface area contributed by atoms with Crippen LogP contribution in [0.25, 0.3) is 0 Å². The van der Waals surface area contributed by atoms with Crippen LogP contribution in [0.3, 0.4) is 0 Å². The maximum absolute atomic E-state index is 4.15. The molecule has 0 radical (unpaired) electrons. The molecule has 4 heteroatoms. The fourth-order valence-electron chi connectivity index (χ4n) is 1.54. The molecule has 14 heavy (non-hydrogen) atoms. The maximum Gasteiger partial charge on any atom is 0.130 e. The third-order valence-corrected chi connectivity index (χ3v) is 3.42. The van der Waals surface area contributed by atoms with E-state index >= 15 is 0 Å². The molecule has 0 spiro atoms. The molecule has 0 amide bonds. The van der Waals surface area contributed by atoms with Crippen LogP contribution in [0.15, 0.2) is 17.0 Å². The summed E-state index contributed by atoms with van der Waals surface area (Å²) >= 11 is 3.32. The van der Waals surface area contributed by atoms with E-state index in [1.165, 1.54) is 19.3 Å². The summed E-state index contributed by atoms with van der Waals surface area (Å²) in [6.45, 7) is 3.29. The second-order valence-electron chi connectivity index (χ2n) is 3.93. The normalized spacial score (nSPS) is 17.9. The Labute approximate surface area is 92.5 Å².